The van der Waals surface area contributed by atoms with Gasteiger partial charge in [0.25, 0.3) is 5.91 Å². The van der Waals surface area contributed by atoms with Crippen molar-refractivity contribution in [3.05, 3.63) is 53.6 Å². The molecule has 1 amide bonds. The van der Waals surface area contributed by atoms with Gasteiger partial charge in [-0.25, -0.2) is 0 Å². The maximum Gasteiger partial charge on any atom is 0.255 e. The lowest BCUT2D eigenvalue weighted by molar-refractivity contribution is 0.102. The van der Waals surface area contributed by atoms with E-state index in [2.05, 4.69) is 17.4 Å². The fraction of sp³-hybridized carbons (Fsp3) is 0.316. The van der Waals surface area contributed by atoms with E-state index in [1.54, 1.807) is 6.07 Å². The lowest BCUT2D eigenvalue weighted by Gasteiger charge is -2.21. The van der Waals surface area contributed by atoms with Gasteiger partial charge in [-0.05, 0) is 47.8 Å². The van der Waals surface area contributed by atoms with Crippen LogP contribution in [0.25, 0.3) is 0 Å². The molecule has 0 bridgehead atoms. The summed E-state index contributed by atoms with van der Waals surface area (Å²) < 4.78 is 11.5. The molecule has 25 heavy (non-hydrogen) atoms. The van der Waals surface area contributed by atoms with Crippen LogP contribution in [0.5, 0.6) is 11.5 Å². The van der Waals surface area contributed by atoms with Gasteiger partial charge in [-0.2, -0.15) is 0 Å². The second-order valence-corrected chi connectivity index (χ2v) is 8.59. The van der Waals surface area contributed by atoms with E-state index < -0.39 is 0 Å². The van der Waals surface area contributed by atoms with Crippen LogP contribution in [0, 0.1) is 0 Å². The van der Waals surface area contributed by atoms with E-state index >= 15 is 0 Å². The van der Waals surface area contributed by atoms with Gasteiger partial charge in [0.2, 0.25) is 0 Å². The van der Waals surface area contributed by atoms with E-state index in [9.17, 15) is 4.79 Å². The number of ether oxygens (including phenoxy) is 2. The third-order valence-electron chi connectivity index (χ3n) is 4.07. The molecule has 0 saturated carbocycles. The van der Waals surface area contributed by atoms with Crippen molar-refractivity contribution in [2.24, 2.45) is 0 Å². The molecule has 6 heteroatoms. The predicted octanol–water partition coefficient (Wildman–Crippen LogP) is 4.58. The van der Waals surface area contributed by atoms with Crippen molar-refractivity contribution in [1.82, 2.24) is 0 Å². The standard InChI is InChI=1S/C19H19NO3S2/c21-18(20-15-6-7-16-17(12-15)23-9-8-22-16)13-2-4-14(5-3-13)19-24-10-1-11-25-19/h2-7,12,19H,1,8-11H2,(H,20,21). The van der Waals surface area contributed by atoms with Crippen molar-refractivity contribution in [2.75, 3.05) is 30.0 Å². The minimum absolute atomic E-state index is 0.118. The molecular formula is C19H19NO3S2. The molecule has 4 nitrogen and oxygen atoms in total. The molecule has 0 spiro atoms. The maximum atomic E-state index is 12.5. The Morgan fingerprint density at radius 2 is 1.68 bits per heavy atom. The first-order valence-electron chi connectivity index (χ1n) is 8.34. The highest BCUT2D eigenvalue weighted by Crippen LogP contribution is 2.43. The van der Waals surface area contributed by atoms with Crippen LogP contribution in [-0.4, -0.2) is 30.6 Å². The Hall–Kier alpha value is -1.79. The Balaban J connectivity index is 1.44. The molecule has 130 valence electrons. The van der Waals surface area contributed by atoms with Gasteiger partial charge in [-0.3, -0.25) is 4.79 Å². The van der Waals surface area contributed by atoms with E-state index in [1.807, 2.05) is 47.8 Å². The minimum Gasteiger partial charge on any atom is -0.486 e. The molecule has 0 aromatic heterocycles. The van der Waals surface area contributed by atoms with E-state index in [1.165, 1.54) is 23.5 Å². The predicted molar refractivity (Wildman–Crippen MR) is 104 cm³/mol. The summed E-state index contributed by atoms with van der Waals surface area (Å²) >= 11 is 3.97. The molecule has 2 aliphatic rings. The Bertz CT molecular complexity index is 758. The molecule has 0 radical (unpaired) electrons. The number of carbonyl (C=O) groups excluding carboxylic acids is 1. The highest BCUT2D eigenvalue weighted by atomic mass is 32.2. The van der Waals surface area contributed by atoms with Gasteiger partial charge >= 0.3 is 0 Å². The number of benzene rings is 2. The highest BCUT2D eigenvalue weighted by Gasteiger charge is 2.17. The first-order valence-corrected chi connectivity index (χ1v) is 10.4. The molecular weight excluding hydrogens is 354 g/mol. The number of anilines is 1. The third kappa shape index (κ3) is 3.90. The normalized spacial score (nSPS) is 17.1. The summed E-state index contributed by atoms with van der Waals surface area (Å²) in [4.78, 5) is 12.5. The Morgan fingerprint density at radius 1 is 0.960 bits per heavy atom. The summed E-state index contributed by atoms with van der Waals surface area (Å²) in [5, 5.41) is 2.92. The van der Waals surface area contributed by atoms with Gasteiger partial charge in [0.1, 0.15) is 13.2 Å². The van der Waals surface area contributed by atoms with Gasteiger partial charge in [0, 0.05) is 17.3 Å². The fourth-order valence-corrected chi connectivity index (χ4v) is 5.69. The largest absolute Gasteiger partial charge is 0.486 e. The summed E-state index contributed by atoms with van der Waals surface area (Å²) in [5.74, 6) is 3.70. The van der Waals surface area contributed by atoms with Crippen molar-refractivity contribution >= 4 is 35.1 Å². The van der Waals surface area contributed by atoms with Crippen molar-refractivity contribution in [1.29, 1.82) is 0 Å². The van der Waals surface area contributed by atoms with E-state index in [-0.39, 0.29) is 5.91 Å². The molecule has 0 unspecified atom stereocenters. The summed E-state index contributed by atoms with van der Waals surface area (Å²) in [6.07, 6.45) is 1.28. The second-order valence-electron chi connectivity index (χ2n) is 5.86. The molecule has 0 aliphatic carbocycles. The number of fused-ring (bicyclic) bond motifs is 1. The summed E-state index contributed by atoms with van der Waals surface area (Å²) in [5.41, 5.74) is 2.65. The molecule has 2 aromatic carbocycles. The van der Waals surface area contributed by atoms with Crippen LogP contribution in [0.2, 0.25) is 0 Å². The molecule has 1 N–H and O–H groups in total. The highest BCUT2D eigenvalue weighted by molar-refractivity contribution is 8.16. The molecule has 4 rings (SSSR count). The van der Waals surface area contributed by atoms with Crippen molar-refractivity contribution in [3.8, 4) is 11.5 Å². The fourth-order valence-electron chi connectivity index (χ4n) is 2.80. The number of rotatable bonds is 3. The monoisotopic (exact) mass is 373 g/mol. The van der Waals surface area contributed by atoms with E-state index in [4.69, 9.17) is 9.47 Å². The average molecular weight is 373 g/mol. The molecule has 1 saturated heterocycles. The van der Waals surface area contributed by atoms with Crippen LogP contribution in [0.15, 0.2) is 42.5 Å². The van der Waals surface area contributed by atoms with Gasteiger partial charge in [-0.1, -0.05) is 12.1 Å². The lowest BCUT2D eigenvalue weighted by atomic mass is 10.1. The minimum atomic E-state index is -0.118. The quantitative estimate of drug-likeness (QED) is 0.853. The number of hydrogen-bond acceptors (Lipinski definition) is 5. The van der Waals surface area contributed by atoms with Crippen LogP contribution in [0.3, 0.4) is 0 Å². The van der Waals surface area contributed by atoms with Crippen molar-refractivity contribution < 1.29 is 14.3 Å². The van der Waals surface area contributed by atoms with E-state index in [0.29, 0.717) is 34.8 Å². The lowest BCUT2D eigenvalue weighted by Crippen LogP contribution is -2.16. The maximum absolute atomic E-state index is 12.5. The molecule has 0 atom stereocenters. The molecule has 1 fully saturated rings. The summed E-state index contributed by atoms with van der Waals surface area (Å²) in [6.45, 7) is 1.09. The van der Waals surface area contributed by atoms with Gasteiger partial charge < -0.3 is 14.8 Å². The van der Waals surface area contributed by atoms with Gasteiger partial charge in [-0.15, -0.1) is 23.5 Å². The van der Waals surface area contributed by atoms with Crippen LogP contribution in [-0.2, 0) is 0 Å². The van der Waals surface area contributed by atoms with Crippen LogP contribution in [0.1, 0.15) is 26.9 Å². The zero-order chi connectivity index (χ0) is 17.1. The first-order chi connectivity index (χ1) is 12.3. The van der Waals surface area contributed by atoms with Crippen molar-refractivity contribution in [3.63, 3.8) is 0 Å². The smallest absolute Gasteiger partial charge is 0.255 e. The second kappa shape index (κ2) is 7.62. The van der Waals surface area contributed by atoms with Gasteiger partial charge in [0.15, 0.2) is 11.5 Å². The third-order valence-corrected chi connectivity index (χ3v) is 7.09. The van der Waals surface area contributed by atoms with Gasteiger partial charge in [0.05, 0.1) is 4.58 Å². The first kappa shape index (κ1) is 16.7. The topological polar surface area (TPSA) is 47.6 Å². The molecule has 2 heterocycles. The molecule has 2 aliphatic heterocycles. The zero-order valence-electron chi connectivity index (χ0n) is 13.7. The number of thioether (sulfide) groups is 2. The van der Waals surface area contributed by atoms with Crippen LogP contribution in [0.4, 0.5) is 5.69 Å². The zero-order valence-corrected chi connectivity index (χ0v) is 15.3. The SMILES string of the molecule is O=C(Nc1ccc2c(c1)OCCO2)c1ccc(C2SCCCS2)cc1. The van der Waals surface area contributed by atoms with Crippen molar-refractivity contribution in [2.45, 2.75) is 11.0 Å². The number of carbonyl (C=O) groups is 1. The molecule has 2 aromatic rings. The number of nitrogens with one attached hydrogen (secondary N) is 1. The Kier molecular flexibility index (Phi) is 5.08. The van der Waals surface area contributed by atoms with Crippen LogP contribution < -0.4 is 14.8 Å². The number of amides is 1. The summed E-state index contributed by atoms with van der Waals surface area (Å²) in [6, 6.07) is 13.4. The summed E-state index contributed by atoms with van der Waals surface area (Å²) in [7, 11) is 0. The average Bonchev–Trinajstić information content (AvgIpc) is 2.69. The van der Waals surface area contributed by atoms with E-state index in [0.717, 1.165) is 5.75 Å². The number of hydrogen-bond donors (Lipinski definition) is 1. The Morgan fingerprint density at radius 3 is 2.44 bits per heavy atom. The van der Waals surface area contributed by atoms with Crippen LogP contribution >= 0.6 is 23.5 Å². The Labute approximate surface area is 155 Å².